The Hall–Kier alpha value is -3.78. The second kappa shape index (κ2) is 7.81. The van der Waals surface area contributed by atoms with Crippen LogP contribution < -0.4 is 16.4 Å². The summed E-state index contributed by atoms with van der Waals surface area (Å²) in [4.78, 5) is 21.5. The fourth-order valence-electron chi connectivity index (χ4n) is 4.09. The molecule has 0 fully saturated rings. The number of nitrogens with two attached hydrogens (primary N) is 1. The third-order valence-corrected chi connectivity index (χ3v) is 5.63. The Morgan fingerprint density at radius 3 is 2.84 bits per heavy atom. The Bertz CT molecular complexity index is 1270. The SMILES string of the molecule is CC1NCCc2nc(-n3ncc4c(C(N)=O)cccc43)nc(NCc3ccccc3)c21. The number of primary amides is 1. The zero-order valence-electron chi connectivity index (χ0n) is 17.2. The van der Waals surface area contributed by atoms with Crippen LogP contribution in [0.2, 0.25) is 0 Å². The standard InChI is InChI=1S/C23H23N7O/c1-14-20-18(10-11-25-14)28-23(29-22(20)26-12-15-6-3-2-4-7-15)30-19-9-5-8-16(21(24)31)17(19)13-27-30/h2-9,13-14,25H,10-12H2,1H3,(H2,24,31)(H,26,28,29). The number of hydrogen-bond donors (Lipinski definition) is 3. The maximum absolute atomic E-state index is 11.8. The van der Waals surface area contributed by atoms with E-state index in [-0.39, 0.29) is 6.04 Å². The first-order valence-corrected chi connectivity index (χ1v) is 10.3. The number of fused-ring (bicyclic) bond motifs is 2. The van der Waals surface area contributed by atoms with Crippen LogP contribution in [-0.4, -0.2) is 32.2 Å². The fraction of sp³-hybridized carbons (Fsp3) is 0.217. The molecule has 0 spiro atoms. The van der Waals surface area contributed by atoms with Crippen molar-refractivity contribution in [1.29, 1.82) is 0 Å². The van der Waals surface area contributed by atoms with E-state index in [4.69, 9.17) is 15.7 Å². The minimum Gasteiger partial charge on any atom is -0.366 e. The number of anilines is 1. The third kappa shape index (κ3) is 3.51. The van der Waals surface area contributed by atoms with E-state index < -0.39 is 5.91 Å². The van der Waals surface area contributed by atoms with Crippen molar-refractivity contribution < 1.29 is 4.79 Å². The molecule has 8 nitrogen and oxygen atoms in total. The van der Waals surface area contributed by atoms with Gasteiger partial charge < -0.3 is 16.4 Å². The van der Waals surface area contributed by atoms with E-state index in [9.17, 15) is 4.79 Å². The van der Waals surface area contributed by atoms with Gasteiger partial charge in [0.25, 0.3) is 5.95 Å². The number of rotatable bonds is 5. The van der Waals surface area contributed by atoms with Crippen molar-refractivity contribution in [3.63, 3.8) is 0 Å². The second-order valence-corrected chi connectivity index (χ2v) is 7.66. The van der Waals surface area contributed by atoms with Crippen molar-refractivity contribution >= 4 is 22.6 Å². The molecule has 0 saturated carbocycles. The molecule has 1 atom stereocenters. The van der Waals surface area contributed by atoms with Crippen LogP contribution >= 0.6 is 0 Å². The number of carbonyl (C=O) groups excluding carboxylic acids is 1. The summed E-state index contributed by atoms with van der Waals surface area (Å²) in [6.07, 6.45) is 2.44. The van der Waals surface area contributed by atoms with Gasteiger partial charge in [-0.2, -0.15) is 14.8 Å². The monoisotopic (exact) mass is 413 g/mol. The van der Waals surface area contributed by atoms with Gasteiger partial charge in [-0.3, -0.25) is 4.79 Å². The summed E-state index contributed by atoms with van der Waals surface area (Å²) >= 11 is 0. The molecule has 8 heteroatoms. The zero-order chi connectivity index (χ0) is 21.4. The predicted molar refractivity (Wildman–Crippen MR) is 119 cm³/mol. The van der Waals surface area contributed by atoms with Gasteiger partial charge in [-0.05, 0) is 24.6 Å². The highest BCUT2D eigenvalue weighted by molar-refractivity contribution is 6.05. The minimum absolute atomic E-state index is 0.145. The molecule has 0 radical (unpaired) electrons. The highest BCUT2D eigenvalue weighted by Crippen LogP contribution is 2.30. The fourth-order valence-corrected chi connectivity index (χ4v) is 4.09. The second-order valence-electron chi connectivity index (χ2n) is 7.66. The van der Waals surface area contributed by atoms with Crippen LogP contribution in [0.3, 0.4) is 0 Å². The van der Waals surface area contributed by atoms with Gasteiger partial charge in [0.1, 0.15) is 5.82 Å². The lowest BCUT2D eigenvalue weighted by atomic mass is 10.0. The Morgan fingerprint density at radius 1 is 1.19 bits per heavy atom. The molecular weight excluding hydrogens is 390 g/mol. The summed E-state index contributed by atoms with van der Waals surface area (Å²) in [7, 11) is 0. The van der Waals surface area contributed by atoms with Gasteiger partial charge >= 0.3 is 0 Å². The molecule has 0 aliphatic carbocycles. The molecule has 1 aliphatic rings. The van der Waals surface area contributed by atoms with Crippen LogP contribution in [0, 0.1) is 0 Å². The van der Waals surface area contributed by atoms with Crippen molar-refractivity contribution in [1.82, 2.24) is 25.1 Å². The molecule has 0 saturated heterocycles. The van der Waals surface area contributed by atoms with E-state index in [0.29, 0.717) is 23.4 Å². The van der Waals surface area contributed by atoms with Crippen molar-refractivity contribution in [2.24, 2.45) is 5.73 Å². The van der Waals surface area contributed by atoms with Gasteiger partial charge in [0, 0.05) is 36.5 Å². The molecule has 4 aromatic rings. The number of hydrogen-bond acceptors (Lipinski definition) is 6. The summed E-state index contributed by atoms with van der Waals surface area (Å²) in [5.74, 6) is 0.778. The lowest BCUT2D eigenvalue weighted by molar-refractivity contribution is 0.100. The van der Waals surface area contributed by atoms with E-state index in [1.807, 2.05) is 24.3 Å². The van der Waals surface area contributed by atoms with Crippen LogP contribution in [0.4, 0.5) is 5.82 Å². The smallest absolute Gasteiger partial charge is 0.253 e. The lowest BCUT2D eigenvalue weighted by Gasteiger charge is -2.26. The van der Waals surface area contributed by atoms with Crippen molar-refractivity contribution in [3.8, 4) is 5.95 Å². The van der Waals surface area contributed by atoms with Gasteiger partial charge in [-0.15, -0.1) is 0 Å². The van der Waals surface area contributed by atoms with Crippen LogP contribution in [-0.2, 0) is 13.0 Å². The predicted octanol–water partition coefficient (Wildman–Crippen LogP) is 2.73. The van der Waals surface area contributed by atoms with Crippen molar-refractivity contribution in [2.75, 3.05) is 11.9 Å². The lowest BCUT2D eigenvalue weighted by Crippen LogP contribution is -2.30. The van der Waals surface area contributed by atoms with Crippen LogP contribution in [0.5, 0.6) is 0 Å². The van der Waals surface area contributed by atoms with Gasteiger partial charge in [0.2, 0.25) is 5.91 Å². The summed E-state index contributed by atoms with van der Waals surface area (Å²) in [5.41, 5.74) is 9.96. The number of nitrogens with zero attached hydrogens (tertiary/aromatic N) is 4. The van der Waals surface area contributed by atoms with E-state index in [1.54, 1.807) is 23.0 Å². The Morgan fingerprint density at radius 2 is 2.03 bits per heavy atom. The molecule has 2 aromatic carbocycles. The highest BCUT2D eigenvalue weighted by Gasteiger charge is 2.24. The average molecular weight is 413 g/mol. The molecule has 2 aromatic heterocycles. The molecule has 1 aliphatic heterocycles. The Kier molecular flexibility index (Phi) is 4.83. The largest absolute Gasteiger partial charge is 0.366 e. The van der Waals surface area contributed by atoms with Crippen LogP contribution in [0.25, 0.3) is 16.9 Å². The summed E-state index contributed by atoms with van der Waals surface area (Å²) in [6.45, 7) is 3.63. The molecule has 31 heavy (non-hydrogen) atoms. The molecule has 1 unspecified atom stereocenters. The van der Waals surface area contributed by atoms with Gasteiger partial charge in [-0.25, -0.2) is 4.98 Å². The zero-order valence-corrected chi connectivity index (χ0v) is 17.2. The first-order chi connectivity index (χ1) is 15.1. The Labute approximate surface area is 179 Å². The molecule has 3 heterocycles. The van der Waals surface area contributed by atoms with Gasteiger partial charge in [0.05, 0.1) is 23.0 Å². The maximum atomic E-state index is 11.8. The summed E-state index contributed by atoms with van der Waals surface area (Å²) in [5, 5.41) is 12.1. The van der Waals surface area contributed by atoms with E-state index in [1.165, 1.54) is 5.56 Å². The van der Waals surface area contributed by atoms with Crippen LogP contribution in [0.1, 0.15) is 40.1 Å². The molecular formula is C23H23N7O. The summed E-state index contributed by atoms with van der Waals surface area (Å²) < 4.78 is 1.67. The average Bonchev–Trinajstić information content (AvgIpc) is 3.22. The quantitative estimate of drug-likeness (QED) is 0.464. The number of carbonyl (C=O) groups is 1. The van der Waals surface area contributed by atoms with Gasteiger partial charge in [-0.1, -0.05) is 36.4 Å². The molecule has 1 amide bonds. The van der Waals surface area contributed by atoms with E-state index in [2.05, 4.69) is 34.8 Å². The van der Waals surface area contributed by atoms with E-state index in [0.717, 1.165) is 35.6 Å². The van der Waals surface area contributed by atoms with Crippen molar-refractivity contribution in [2.45, 2.75) is 25.9 Å². The maximum Gasteiger partial charge on any atom is 0.253 e. The first kappa shape index (κ1) is 19.2. The Balaban J connectivity index is 1.61. The number of benzene rings is 2. The normalized spacial score (nSPS) is 15.6. The first-order valence-electron chi connectivity index (χ1n) is 10.3. The summed E-state index contributed by atoms with van der Waals surface area (Å²) in [6, 6.07) is 15.7. The van der Waals surface area contributed by atoms with Gasteiger partial charge in [0.15, 0.2) is 0 Å². The molecule has 156 valence electrons. The number of aromatic nitrogens is 4. The van der Waals surface area contributed by atoms with Crippen molar-refractivity contribution in [3.05, 3.63) is 77.1 Å². The van der Waals surface area contributed by atoms with E-state index >= 15 is 0 Å². The van der Waals surface area contributed by atoms with Crippen LogP contribution in [0.15, 0.2) is 54.7 Å². The minimum atomic E-state index is -0.485. The molecule has 5 rings (SSSR count). The third-order valence-electron chi connectivity index (χ3n) is 5.63. The molecule has 4 N–H and O–H groups in total. The molecule has 0 bridgehead atoms. The topological polar surface area (TPSA) is 111 Å². The number of nitrogens with one attached hydrogen (secondary N) is 2. The highest BCUT2D eigenvalue weighted by atomic mass is 16.1. The number of amides is 1.